The van der Waals surface area contributed by atoms with Crippen molar-refractivity contribution in [3.63, 3.8) is 0 Å². The van der Waals surface area contributed by atoms with Crippen molar-refractivity contribution < 1.29 is 23.1 Å². The van der Waals surface area contributed by atoms with Crippen molar-refractivity contribution in [1.82, 2.24) is 0 Å². The zero-order valence-corrected chi connectivity index (χ0v) is 9.58. The Kier molecular flexibility index (Phi) is 2.89. The van der Waals surface area contributed by atoms with Crippen molar-refractivity contribution in [3.05, 3.63) is 29.3 Å². The standard InChI is InChI=1S/C12H9F3N2O2/c13-12(14,15)9-2-1-8(5-7(9)6-16)17-11(3-4-11)10(18)19/h1-2,5,17H,3-4H2,(H,18,19). The van der Waals surface area contributed by atoms with Crippen LogP contribution in [0.5, 0.6) is 0 Å². The predicted molar refractivity (Wildman–Crippen MR) is 59.4 cm³/mol. The van der Waals surface area contributed by atoms with Crippen molar-refractivity contribution in [1.29, 1.82) is 5.26 Å². The summed E-state index contributed by atoms with van der Waals surface area (Å²) >= 11 is 0. The van der Waals surface area contributed by atoms with Gasteiger partial charge in [0.05, 0.1) is 17.2 Å². The van der Waals surface area contributed by atoms with E-state index in [0.29, 0.717) is 12.8 Å². The van der Waals surface area contributed by atoms with Gasteiger partial charge < -0.3 is 10.4 Å². The molecule has 2 rings (SSSR count). The summed E-state index contributed by atoms with van der Waals surface area (Å²) in [5, 5.41) is 20.4. The lowest BCUT2D eigenvalue weighted by atomic mass is 10.1. The van der Waals surface area contributed by atoms with Gasteiger partial charge >= 0.3 is 12.1 Å². The SMILES string of the molecule is N#Cc1cc(NC2(C(=O)O)CC2)ccc1C(F)(F)F. The maximum Gasteiger partial charge on any atom is 0.417 e. The number of carboxylic acid groups (broad SMARTS) is 1. The van der Waals surface area contributed by atoms with Crippen LogP contribution in [0.15, 0.2) is 18.2 Å². The van der Waals surface area contributed by atoms with Gasteiger partial charge in [-0.1, -0.05) is 0 Å². The molecule has 1 aliphatic rings. The molecule has 4 nitrogen and oxygen atoms in total. The van der Waals surface area contributed by atoms with E-state index in [1.807, 2.05) is 0 Å². The Morgan fingerprint density at radius 1 is 1.42 bits per heavy atom. The Morgan fingerprint density at radius 3 is 2.47 bits per heavy atom. The molecule has 1 aromatic carbocycles. The van der Waals surface area contributed by atoms with Crippen LogP contribution in [0.4, 0.5) is 18.9 Å². The summed E-state index contributed by atoms with van der Waals surface area (Å²) in [4.78, 5) is 11.0. The summed E-state index contributed by atoms with van der Waals surface area (Å²) in [5.74, 6) is -1.05. The molecule has 0 saturated heterocycles. The van der Waals surface area contributed by atoms with E-state index in [1.54, 1.807) is 0 Å². The Balaban J connectivity index is 2.31. The highest BCUT2D eigenvalue weighted by Crippen LogP contribution is 2.40. The van der Waals surface area contributed by atoms with Crippen LogP contribution in [0.25, 0.3) is 0 Å². The normalized spacial score (nSPS) is 16.5. The molecule has 2 N–H and O–H groups in total. The second-order valence-corrected chi connectivity index (χ2v) is 4.38. The first-order valence-electron chi connectivity index (χ1n) is 5.41. The van der Waals surface area contributed by atoms with Crippen LogP contribution < -0.4 is 5.32 Å². The van der Waals surface area contributed by atoms with Crippen LogP contribution in [0.2, 0.25) is 0 Å². The number of alkyl halides is 3. The number of halogens is 3. The summed E-state index contributed by atoms with van der Waals surface area (Å²) in [6.45, 7) is 0. The molecule has 0 bridgehead atoms. The molecule has 0 aromatic heterocycles. The minimum Gasteiger partial charge on any atom is -0.480 e. The average molecular weight is 270 g/mol. The molecule has 100 valence electrons. The molecule has 1 aromatic rings. The van der Waals surface area contributed by atoms with Gasteiger partial charge in [0, 0.05) is 5.69 Å². The zero-order chi connectivity index (χ0) is 14.3. The first-order valence-corrected chi connectivity index (χ1v) is 5.41. The van der Waals surface area contributed by atoms with E-state index in [4.69, 9.17) is 10.4 Å². The fourth-order valence-corrected chi connectivity index (χ4v) is 1.76. The van der Waals surface area contributed by atoms with Crippen molar-refractivity contribution >= 4 is 11.7 Å². The van der Waals surface area contributed by atoms with Gasteiger partial charge in [0.15, 0.2) is 0 Å². The Morgan fingerprint density at radius 2 is 2.05 bits per heavy atom. The van der Waals surface area contributed by atoms with E-state index in [-0.39, 0.29) is 5.69 Å². The molecule has 0 atom stereocenters. The number of nitrogens with one attached hydrogen (secondary N) is 1. The topological polar surface area (TPSA) is 73.1 Å². The largest absolute Gasteiger partial charge is 0.480 e. The highest BCUT2D eigenvalue weighted by molar-refractivity contribution is 5.86. The lowest BCUT2D eigenvalue weighted by Gasteiger charge is -2.15. The van der Waals surface area contributed by atoms with Crippen molar-refractivity contribution in [2.45, 2.75) is 24.6 Å². The second kappa shape index (κ2) is 4.16. The number of carbonyl (C=O) groups is 1. The quantitative estimate of drug-likeness (QED) is 0.885. The van der Waals surface area contributed by atoms with Crippen LogP contribution in [0.1, 0.15) is 24.0 Å². The summed E-state index contributed by atoms with van der Waals surface area (Å²) in [5.41, 5.74) is -2.46. The molecular weight excluding hydrogens is 261 g/mol. The zero-order valence-electron chi connectivity index (χ0n) is 9.58. The van der Waals surface area contributed by atoms with Gasteiger partial charge in [-0.3, -0.25) is 0 Å². The smallest absolute Gasteiger partial charge is 0.417 e. The van der Waals surface area contributed by atoms with Gasteiger partial charge in [-0.25, -0.2) is 4.79 Å². The van der Waals surface area contributed by atoms with Gasteiger partial charge in [-0.15, -0.1) is 0 Å². The summed E-state index contributed by atoms with van der Waals surface area (Å²) < 4.78 is 37.7. The molecule has 0 spiro atoms. The lowest BCUT2D eigenvalue weighted by Crippen LogP contribution is -2.31. The van der Waals surface area contributed by atoms with E-state index in [9.17, 15) is 18.0 Å². The molecule has 1 fully saturated rings. The highest BCUT2D eigenvalue weighted by Gasteiger charge is 2.50. The highest BCUT2D eigenvalue weighted by atomic mass is 19.4. The number of benzene rings is 1. The Bertz CT molecular complexity index is 571. The monoisotopic (exact) mass is 270 g/mol. The molecule has 1 aliphatic carbocycles. The lowest BCUT2D eigenvalue weighted by molar-refractivity contribution is -0.139. The Labute approximate surface area is 106 Å². The number of hydrogen-bond acceptors (Lipinski definition) is 3. The summed E-state index contributed by atoms with van der Waals surface area (Å²) in [6, 6.07) is 4.40. The number of carboxylic acids is 1. The van der Waals surface area contributed by atoms with Gasteiger partial charge in [0.25, 0.3) is 0 Å². The number of anilines is 1. The predicted octanol–water partition coefficient (Wildman–Crippen LogP) is 2.61. The first-order chi connectivity index (χ1) is 8.78. The molecule has 0 aliphatic heterocycles. The third kappa shape index (κ3) is 2.47. The molecule has 1 saturated carbocycles. The second-order valence-electron chi connectivity index (χ2n) is 4.38. The number of nitriles is 1. The van der Waals surface area contributed by atoms with E-state index in [1.165, 1.54) is 6.07 Å². The van der Waals surface area contributed by atoms with Crippen LogP contribution in [0, 0.1) is 11.3 Å². The van der Waals surface area contributed by atoms with E-state index < -0.39 is 28.8 Å². The fraction of sp³-hybridized carbons (Fsp3) is 0.333. The molecule has 7 heteroatoms. The van der Waals surface area contributed by atoms with Crippen LogP contribution in [-0.4, -0.2) is 16.6 Å². The first kappa shape index (κ1) is 13.2. The van der Waals surface area contributed by atoms with Crippen molar-refractivity contribution in [2.75, 3.05) is 5.32 Å². The maximum atomic E-state index is 12.6. The minimum absolute atomic E-state index is 0.199. The molecular formula is C12H9F3N2O2. The van der Waals surface area contributed by atoms with Gasteiger partial charge in [-0.2, -0.15) is 18.4 Å². The van der Waals surface area contributed by atoms with Crippen LogP contribution in [0.3, 0.4) is 0 Å². The van der Waals surface area contributed by atoms with Crippen LogP contribution >= 0.6 is 0 Å². The van der Waals surface area contributed by atoms with Crippen molar-refractivity contribution in [2.24, 2.45) is 0 Å². The third-order valence-corrected chi connectivity index (χ3v) is 2.99. The number of aliphatic carboxylic acids is 1. The van der Waals surface area contributed by atoms with Crippen molar-refractivity contribution in [3.8, 4) is 6.07 Å². The summed E-state index contributed by atoms with van der Waals surface area (Å²) in [6.07, 6.45) is -3.79. The molecule has 0 amide bonds. The number of nitrogens with zero attached hydrogens (tertiary/aromatic N) is 1. The fourth-order valence-electron chi connectivity index (χ4n) is 1.76. The number of hydrogen-bond donors (Lipinski definition) is 2. The summed E-state index contributed by atoms with van der Waals surface area (Å²) in [7, 11) is 0. The Hall–Kier alpha value is -2.23. The van der Waals surface area contributed by atoms with E-state index in [0.717, 1.165) is 18.2 Å². The van der Waals surface area contributed by atoms with E-state index >= 15 is 0 Å². The number of rotatable bonds is 3. The molecule has 0 unspecified atom stereocenters. The van der Waals surface area contributed by atoms with Gasteiger partial charge in [0.1, 0.15) is 5.54 Å². The maximum absolute atomic E-state index is 12.6. The third-order valence-electron chi connectivity index (χ3n) is 2.99. The van der Waals surface area contributed by atoms with Gasteiger partial charge in [0.2, 0.25) is 0 Å². The average Bonchev–Trinajstić information content (AvgIpc) is 3.08. The minimum atomic E-state index is -4.60. The van der Waals surface area contributed by atoms with Crippen LogP contribution in [-0.2, 0) is 11.0 Å². The molecule has 19 heavy (non-hydrogen) atoms. The van der Waals surface area contributed by atoms with Gasteiger partial charge in [-0.05, 0) is 31.0 Å². The molecule has 0 heterocycles. The molecule has 0 radical (unpaired) electrons. The van der Waals surface area contributed by atoms with E-state index in [2.05, 4.69) is 5.32 Å².